The highest BCUT2D eigenvalue weighted by atomic mass is 14.7. The van der Waals surface area contributed by atoms with Crippen LogP contribution in [0.25, 0.3) is 55.9 Å². The Hall–Kier alpha value is -5.54. The van der Waals surface area contributed by atoms with Gasteiger partial charge in [0.15, 0.2) is 0 Å². The minimum absolute atomic E-state index is 0.507. The molecule has 6 rings (SSSR count). The van der Waals surface area contributed by atoms with Gasteiger partial charge in [-0.1, -0.05) is 12.1 Å². The maximum absolute atomic E-state index is 9.43. The van der Waals surface area contributed by atoms with Gasteiger partial charge in [0, 0.05) is 77.4 Å². The highest BCUT2D eigenvalue weighted by Crippen LogP contribution is 2.34. The summed E-state index contributed by atoms with van der Waals surface area (Å²) in [4.78, 5) is 22.3. The number of nitrogens with zero attached hydrogens (tertiary/aromatic N) is 6. The summed E-state index contributed by atoms with van der Waals surface area (Å²) < 4.78 is 0. The van der Waals surface area contributed by atoms with Crippen LogP contribution in [0, 0.1) is 11.3 Å². The zero-order chi connectivity index (χ0) is 25.7. The van der Waals surface area contributed by atoms with Crippen molar-refractivity contribution in [3.8, 4) is 62.0 Å². The zero-order valence-electron chi connectivity index (χ0n) is 20.2. The molecule has 6 heteroatoms. The molecule has 0 atom stereocenters. The van der Waals surface area contributed by atoms with E-state index in [1.807, 2.05) is 67.3 Å². The normalized spacial score (nSPS) is 10.6. The topological polar surface area (TPSA) is 88.2 Å². The van der Waals surface area contributed by atoms with Crippen LogP contribution >= 0.6 is 0 Å². The summed E-state index contributed by atoms with van der Waals surface area (Å²) >= 11 is 0. The Labute approximate surface area is 220 Å². The second-order valence-electron chi connectivity index (χ2n) is 8.73. The van der Waals surface area contributed by atoms with Gasteiger partial charge in [0.05, 0.1) is 17.0 Å². The Kier molecular flexibility index (Phi) is 6.15. The molecule has 6 aromatic rings. The maximum atomic E-state index is 9.43. The first-order valence-electron chi connectivity index (χ1n) is 12.0. The lowest BCUT2D eigenvalue weighted by atomic mass is 9.93. The average molecular weight is 489 g/mol. The van der Waals surface area contributed by atoms with E-state index >= 15 is 0 Å². The fraction of sp³-hybridized carbons (Fsp3) is 0. The third kappa shape index (κ3) is 4.77. The molecule has 0 aliphatic rings. The lowest BCUT2D eigenvalue weighted by molar-refractivity contribution is 1.27. The number of benzene rings is 1. The van der Waals surface area contributed by atoms with Gasteiger partial charge in [0.2, 0.25) is 0 Å². The Bertz CT molecular complexity index is 1670. The third-order valence-electron chi connectivity index (χ3n) is 6.20. The van der Waals surface area contributed by atoms with Crippen molar-refractivity contribution >= 4 is 0 Å². The highest BCUT2D eigenvalue weighted by molar-refractivity contribution is 5.83. The van der Waals surface area contributed by atoms with E-state index < -0.39 is 0 Å². The molecule has 6 nitrogen and oxygen atoms in total. The van der Waals surface area contributed by atoms with E-state index in [1.54, 1.807) is 24.8 Å². The van der Waals surface area contributed by atoms with Crippen molar-refractivity contribution in [2.45, 2.75) is 0 Å². The van der Waals surface area contributed by atoms with Crippen LogP contribution in [0.5, 0.6) is 0 Å². The van der Waals surface area contributed by atoms with Crippen molar-refractivity contribution in [1.82, 2.24) is 24.9 Å². The second-order valence-corrected chi connectivity index (χ2v) is 8.73. The molecule has 0 aliphatic carbocycles. The van der Waals surface area contributed by atoms with Gasteiger partial charge in [0.25, 0.3) is 0 Å². The lowest BCUT2D eigenvalue weighted by Gasteiger charge is -2.12. The Balaban J connectivity index is 1.51. The molecule has 0 spiro atoms. The lowest BCUT2D eigenvalue weighted by Crippen LogP contribution is -1.91. The van der Waals surface area contributed by atoms with Gasteiger partial charge in [-0.05, 0) is 77.4 Å². The summed E-state index contributed by atoms with van der Waals surface area (Å²) in [6, 6.07) is 26.2. The SMILES string of the molecule is N#Cc1cncc(-c2cc(-c3cncc(-c4ccccn4)c3)cc(-c3cncc(-c4ccccn4)c3)c2)c1. The number of pyridine rings is 5. The molecule has 0 saturated heterocycles. The molecule has 0 amide bonds. The summed E-state index contributed by atoms with van der Waals surface area (Å²) in [5.41, 5.74) is 9.75. The molecule has 0 aliphatic heterocycles. The van der Waals surface area contributed by atoms with Gasteiger partial charge >= 0.3 is 0 Å². The van der Waals surface area contributed by atoms with Crippen LogP contribution in [0.1, 0.15) is 5.56 Å². The first kappa shape index (κ1) is 22.9. The Morgan fingerprint density at radius 3 is 1.32 bits per heavy atom. The monoisotopic (exact) mass is 488 g/mol. The largest absolute Gasteiger partial charge is 0.263 e. The molecular formula is C32H20N6. The van der Waals surface area contributed by atoms with Crippen LogP contribution in [0.3, 0.4) is 0 Å². The quantitative estimate of drug-likeness (QED) is 0.263. The molecule has 38 heavy (non-hydrogen) atoms. The number of rotatable bonds is 5. The van der Waals surface area contributed by atoms with E-state index in [0.717, 1.165) is 55.9 Å². The molecule has 0 saturated carbocycles. The molecule has 0 fully saturated rings. The van der Waals surface area contributed by atoms with Gasteiger partial charge in [-0.15, -0.1) is 0 Å². The van der Waals surface area contributed by atoms with E-state index in [4.69, 9.17) is 0 Å². The average Bonchev–Trinajstić information content (AvgIpc) is 3.02. The molecule has 178 valence electrons. The van der Waals surface area contributed by atoms with Crippen molar-refractivity contribution in [1.29, 1.82) is 5.26 Å². The Morgan fingerprint density at radius 2 is 0.868 bits per heavy atom. The summed E-state index contributed by atoms with van der Waals surface area (Å²) in [5.74, 6) is 0. The van der Waals surface area contributed by atoms with Gasteiger partial charge < -0.3 is 0 Å². The van der Waals surface area contributed by atoms with Crippen molar-refractivity contribution in [2.75, 3.05) is 0 Å². The smallest absolute Gasteiger partial charge is 0.101 e. The molecule has 1 aromatic carbocycles. The third-order valence-corrected chi connectivity index (χ3v) is 6.20. The van der Waals surface area contributed by atoms with Crippen molar-refractivity contribution < 1.29 is 0 Å². The van der Waals surface area contributed by atoms with Gasteiger partial charge in [-0.2, -0.15) is 5.26 Å². The van der Waals surface area contributed by atoms with Gasteiger partial charge in [0.1, 0.15) is 6.07 Å². The van der Waals surface area contributed by atoms with Crippen LogP contribution in [0.4, 0.5) is 0 Å². The molecular weight excluding hydrogens is 468 g/mol. The fourth-order valence-corrected chi connectivity index (χ4v) is 4.33. The van der Waals surface area contributed by atoms with E-state index in [0.29, 0.717) is 5.56 Å². The number of nitriles is 1. The fourth-order valence-electron chi connectivity index (χ4n) is 4.33. The molecule has 5 aromatic heterocycles. The predicted octanol–water partition coefficient (Wildman–Crippen LogP) is 6.87. The second kappa shape index (κ2) is 10.2. The maximum Gasteiger partial charge on any atom is 0.101 e. The molecule has 0 radical (unpaired) electrons. The predicted molar refractivity (Wildman–Crippen MR) is 147 cm³/mol. The van der Waals surface area contributed by atoms with E-state index in [1.165, 1.54) is 0 Å². The van der Waals surface area contributed by atoms with Crippen LogP contribution in [-0.4, -0.2) is 24.9 Å². The van der Waals surface area contributed by atoms with Crippen molar-refractivity contribution in [3.05, 3.63) is 128 Å². The Morgan fingerprint density at radius 1 is 0.447 bits per heavy atom. The van der Waals surface area contributed by atoms with Gasteiger partial charge in [-0.25, -0.2) is 0 Å². The van der Waals surface area contributed by atoms with E-state index in [-0.39, 0.29) is 0 Å². The number of hydrogen-bond acceptors (Lipinski definition) is 6. The summed E-state index contributed by atoms with van der Waals surface area (Å²) in [6.07, 6.45) is 14.2. The molecule has 5 heterocycles. The highest BCUT2D eigenvalue weighted by Gasteiger charge is 2.11. The molecule has 0 N–H and O–H groups in total. The standard InChI is InChI=1S/C32H20N6/c33-15-22-9-26(17-34-16-22)23-10-24(27-13-29(20-35-18-27)31-5-1-3-7-37-31)12-25(11-23)28-14-30(21-36-19-28)32-6-2-4-8-38-32/h1-14,16-21H. The number of hydrogen-bond donors (Lipinski definition) is 0. The first-order valence-corrected chi connectivity index (χ1v) is 12.0. The van der Waals surface area contributed by atoms with Gasteiger partial charge in [-0.3, -0.25) is 24.9 Å². The van der Waals surface area contributed by atoms with E-state index in [9.17, 15) is 5.26 Å². The van der Waals surface area contributed by atoms with Crippen LogP contribution in [0.15, 0.2) is 122 Å². The minimum Gasteiger partial charge on any atom is -0.263 e. The minimum atomic E-state index is 0.507. The summed E-state index contributed by atoms with van der Waals surface area (Å²) in [7, 11) is 0. The summed E-state index contributed by atoms with van der Waals surface area (Å²) in [6.45, 7) is 0. The first-order chi connectivity index (χ1) is 18.8. The van der Waals surface area contributed by atoms with Crippen molar-refractivity contribution in [2.24, 2.45) is 0 Å². The summed E-state index contributed by atoms with van der Waals surface area (Å²) in [5, 5.41) is 9.43. The van der Waals surface area contributed by atoms with E-state index in [2.05, 4.69) is 61.3 Å². The molecule has 0 bridgehead atoms. The molecule has 0 unspecified atom stereocenters. The van der Waals surface area contributed by atoms with Crippen LogP contribution in [-0.2, 0) is 0 Å². The van der Waals surface area contributed by atoms with Crippen LogP contribution < -0.4 is 0 Å². The number of aromatic nitrogens is 5. The zero-order valence-corrected chi connectivity index (χ0v) is 20.2. The van der Waals surface area contributed by atoms with Crippen molar-refractivity contribution in [3.63, 3.8) is 0 Å². The van der Waals surface area contributed by atoms with Crippen LogP contribution in [0.2, 0.25) is 0 Å².